The van der Waals surface area contributed by atoms with Crippen LogP contribution >= 0.6 is 0 Å². The van der Waals surface area contributed by atoms with E-state index >= 15 is 0 Å². The second kappa shape index (κ2) is 6.35. The van der Waals surface area contributed by atoms with Gasteiger partial charge in [-0.2, -0.15) is 0 Å². The molecule has 0 N–H and O–H groups in total. The molecule has 1 fully saturated rings. The van der Waals surface area contributed by atoms with Crippen molar-refractivity contribution >= 4 is 5.69 Å². The van der Waals surface area contributed by atoms with Crippen molar-refractivity contribution in [1.82, 2.24) is 9.88 Å². The van der Waals surface area contributed by atoms with Gasteiger partial charge in [0.2, 0.25) is 0 Å². The van der Waals surface area contributed by atoms with E-state index in [1.165, 1.54) is 5.69 Å². The first kappa shape index (κ1) is 14.3. The summed E-state index contributed by atoms with van der Waals surface area (Å²) in [6, 6.07) is 4.75. The monoisotopic (exact) mass is 263 g/mol. The Labute approximate surface area is 116 Å². The number of likely N-dealkylation sites (N-methyl/N-ethyl adjacent to an activating group) is 1. The number of anilines is 1. The molecule has 0 spiro atoms. The SMILES string of the molecule is CC(C)c1ccc(N2CCOCC(N(C)C)C2)cn1. The normalized spacial score (nSPS) is 20.9. The number of pyridine rings is 1. The van der Waals surface area contributed by atoms with Crippen molar-refractivity contribution in [2.75, 3.05) is 45.3 Å². The molecule has 1 saturated heterocycles. The molecule has 2 heterocycles. The van der Waals surface area contributed by atoms with E-state index in [1.807, 2.05) is 6.20 Å². The molecule has 4 nitrogen and oxygen atoms in total. The van der Waals surface area contributed by atoms with E-state index in [2.05, 4.69) is 54.9 Å². The molecule has 0 amide bonds. The van der Waals surface area contributed by atoms with E-state index in [-0.39, 0.29) is 0 Å². The van der Waals surface area contributed by atoms with Crippen molar-refractivity contribution in [2.45, 2.75) is 25.8 Å². The van der Waals surface area contributed by atoms with Gasteiger partial charge in [0.15, 0.2) is 0 Å². The van der Waals surface area contributed by atoms with E-state index in [1.54, 1.807) is 0 Å². The lowest BCUT2D eigenvalue weighted by molar-refractivity contribution is 0.103. The first-order valence-corrected chi connectivity index (χ1v) is 7.03. The zero-order valence-electron chi connectivity index (χ0n) is 12.5. The Kier molecular flexibility index (Phi) is 4.77. The fourth-order valence-electron chi connectivity index (χ4n) is 2.27. The highest BCUT2D eigenvalue weighted by Crippen LogP contribution is 2.19. The predicted molar refractivity (Wildman–Crippen MR) is 78.8 cm³/mol. The largest absolute Gasteiger partial charge is 0.378 e. The van der Waals surface area contributed by atoms with Gasteiger partial charge in [-0.05, 0) is 32.1 Å². The molecule has 1 aromatic heterocycles. The molecule has 0 aromatic carbocycles. The topological polar surface area (TPSA) is 28.6 Å². The number of hydrogen-bond acceptors (Lipinski definition) is 4. The summed E-state index contributed by atoms with van der Waals surface area (Å²) in [6.45, 7) is 7.87. The zero-order chi connectivity index (χ0) is 13.8. The maximum atomic E-state index is 5.68. The van der Waals surface area contributed by atoms with Gasteiger partial charge < -0.3 is 14.5 Å². The lowest BCUT2D eigenvalue weighted by Gasteiger charge is -2.29. The van der Waals surface area contributed by atoms with Crippen LogP contribution in [0, 0.1) is 0 Å². The summed E-state index contributed by atoms with van der Waals surface area (Å²) in [5, 5.41) is 0. The molecule has 0 aliphatic carbocycles. The highest BCUT2D eigenvalue weighted by Gasteiger charge is 2.20. The smallest absolute Gasteiger partial charge is 0.0642 e. The molecule has 0 saturated carbocycles. The standard InChI is InChI=1S/C15H25N3O/c1-12(2)15-6-5-13(9-16-15)18-7-8-19-11-14(10-18)17(3)4/h5-6,9,12,14H,7-8,10-11H2,1-4H3. The molecule has 1 aromatic rings. The Morgan fingerprint density at radius 1 is 1.37 bits per heavy atom. The van der Waals surface area contributed by atoms with Crippen molar-refractivity contribution in [3.05, 3.63) is 24.0 Å². The Hall–Kier alpha value is -1.13. The second-order valence-electron chi connectivity index (χ2n) is 5.73. The number of nitrogens with zero attached hydrogens (tertiary/aromatic N) is 3. The van der Waals surface area contributed by atoms with Gasteiger partial charge in [-0.1, -0.05) is 13.8 Å². The fraction of sp³-hybridized carbons (Fsp3) is 0.667. The average Bonchev–Trinajstić information content (AvgIpc) is 2.64. The van der Waals surface area contributed by atoms with E-state index in [0.29, 0.717) is 12.0 Å². The summed E-state index contributed by atoms with van der Waals surface area (Å²) < 4.78 is 5.68. The minimum Gasteiger partial charge on any atom is -0.378 e. The predicted octanol–water partition coefficient (Wildman–Crippen LogP) is 1.97. The lowest BCUT2D eigenvalue weighted by Crippen LogP contribution is -2.41. The third-order valence-electron chi connectivity index (χ3n) is 3.70. The van der Waals surface area contributed by atoms with Gasteiger partial charge >= 0.3 is 0 Å². The molecular formula is C15H25N3O. The van der Waals surface area contributed by atoms with Gasteiger partial charge in [-0.3, -0.25) is 4.98 Å². The summed E-state index contributed by atoms with van der Waals surface area (Å²) >= 11 is 0. The molecule has 1 aliphatic rings. The molecule has 1 unspecified atom stereocenters. The Morgan fingerprint density at radius 3 is 2.74 bits per heavy atom. The van der Waals surface area contributed by atoms with Crippen molar-refractivity contribution in [3.63, 3.8) is 0 Å². The molecule has 4 heteroatoms. The van der Waals surface area contributed by atoms with Crippen molar-refractivity contribution < 1.29 is 4.74 Å². The van der Waals surface area contributed by atoms with Crippen LogP contribution in [0.5, 0.6) is 0 Å². The van der Waals surface area contributed by atoms with Crippen LogP contribution in [0.2, 0.25) is 0 Å². The van der Waals surface area contributed by atoms with Crippen LogP contribution < -0.4 is 4.90 Å². The van der Waals surface area contributed by atoms with Crippen LogP contribution in [-0.4, -0.2) is 56.3 Å². The highest BCUT2D eigenvalue weighted by atomic mass is 16.5. The number of aromatic nitrogens is 1. The number of hydrogen-bond donors (Lipinski definition) is 0. The first-order chi connectivity index (χ1) is 9.08. The molecule has 106 valence electrons. The maximum Gasteiger partial charge on any atom is 0.0642 e. The van der Waals surface area contributed by atoms with Crippen LogP contribution in [0.4, 0.5) is 5.69 Å². The summed E-state index contributed by atoms with van der Waals surface area (Å²) in [6.07, 6.45) is 1.99. The molecule has 1 aliphatic heterocycles. The Morgan fingerprint density at radius 2 is 2.16 bits per heavy atom. The van der Waals surface area contributed by atoms with Crippen molar-refractivity contribution in [2.24, 2.45) is 0 Å². The Balaban J connectivity index is 2.10. The van der Waals surface area contributed by atoms with Crippen LogP contribution in [-0.2, 0) is 4.74 Å². The van der Waals surface area contributed by atoms with Gasteiger partial charge in [-0.25, -0.2) is 0 Å². The van der Waals surface area contributed by atoms with Crippen LogP contribution in [0.25, 0.3) is 0 Å². The van der Waals surface area contributed by atoms with Crippen molar-refractivity contribution in [3.8, 4) is 0 Å². The van der Waals surface area contributed by atoms with Gasteiger partial charge in [0.05, 0.1) is 25.1 Å². The van der Waals surface area contributed by atoms with Crippen LogP contribution in [0.15, 0.2) is 18.3 Å². The highest BCUT2D eigenvalue weighted by molar-refractivity contribution is 5.45. The fourth-order valence-corrected chi connectivity index (χ4v) is 2.27. The summed E-state index contributed by atoms with van der Waals surface area (Å²) in [5.41, 5.74) is 2.35. The van der Waals surface area contributed by atoms with Crippen molar-refractivity contribution in [1.29, 1.82) is 0 Å². The van der Waals surface area contributed by atoms with Gasteiger partial charge in [0.25, 0.3) is 0 Å². The molecule has 0 bridgehead atoms. The number of rotatable bonds is 3. The van der Waals surface area contributed by atoms with Gasteiger partial charge in [0, 0.05) is 24.8 Å². The molecular weight excluding hydrogens is 238 g/mol. The number of ether oxygens (including phenoxy) is 1. The quantitative estimate of drug-likeness (QED) is 0.833. The third-order valence-corrected chi connectivity index (χ3v) is 3.70. The van der Waals surface area contributed by atoms with Gasteiger partial charge in [-0.15, -0.1) is 0 Å². The van der Waals surface area contributed by atoms with E-state index in [4.69, 9.17) is 4.74 Å². The third kappa shape index (κ3) is 3.67. The first-order valence-electron chi connectivity index (χ1n) is 7.03. The minimum atomic E-state index is 0.437. The van der Waals surface area contributed by atoms with Crippen LogP contribution in [0.1, 0.15) is 25.5 Å². The lowest BCUT2D eigenvalue weighted by atomic mass is 10.1. The van der Waals surface area contributed by atoms with E-state index < -0.39 is 0 Å². The summed E-state index contributed by atoms with van der Waals surface area (Å²) in [4.78, 5) is 9.16. The zero-order valence-corrected chi connectivity index (χ0v) is 12.5. The maximum absolute atomic E-state index is 5.68. The Bertz CT molecular complexity index is 389. The molecule has 19 heavy (non-hydrogen) atoms. The second-order valence-corrected chi connectivity index (χ2v) is 5.73. The summed E-state index contributed by atoms with van der Waals surface area (Å²) in [5.74, 6) is 0.482. The molecule has 0 radical (unpaired) electrons. The molecule has 2 rings (SSSR count). The molecule has 1 atom stereocenters. The minimum absolute atomic E-state index is 0.437. The average molecular weight is 263 g/mol. The van der Waals surface area contributed by atoms with E-state index in [9.17, 15) is 0 Å². The van der Waals surface area contributed by atoms with Gasteiger partial charge in [0.1, 0.15) is 0 Å². The summed E-state index contributed by atoms with van der Waals surface area (Å²) in [7, 11) is 4.22. The van der Waals surface area contributed by atoms with E-state index in [0.717, 1.165) is 32.0 Å². The van der Waals surface area contributed by atoms with Crippen LogP contribution in [0.3, 0.4) is 0 Å².